The Kier molecular flexibility index (Phi) is 38.5. The van der Waals surface area contributed by atoms with Gasteiger partial charge in [0.2, 0.25) is 0 Å². The standard InChI is InChI=1S/C46H78NO10P/c1-3-5-7-9-11-13-15-17-19-21-23-25-27-29-31-33-35-37-44(48)54-39-42(40-55-58(52,53)56-41-43(47)46(50)51)57-45(49)38-36-34-32-30-28-26-24-22-20-18-16-14-12-10-8-6-4-2/h12,14,17-20,23-26,29,31,42-43H,3-11,13,15-16,21-22,27-28,30,32-41,47H2,1-2H3,(H,50,51)(H,52,53)/b14-12+,19-17+,20-18+,25-23+,26-24+,31-29+/t42-,43+/m1/s1. The number of carbonyl (C=O) groups excluding carboxylic acids is 2. The van der Waals surface area contributed by atoms with Crippen molar-refractivity contribution in [1.29, 1.82) is 0 Å². The monoisotopic (exact) mass is 836 g/mol. The van der Waals surface area contributed by atoms with Gasteiger partial charge in [0.25, 0.3) is 0 Å². The number of unbranched alkanes of at least 4 members (excludes halogenated alkanes) is 14. The van der Waals surface area contributed by atoms with Crippen molar-refractivity contribution in [3.63, 3.8) is 0 Å². The lowest BCUT2D eigenvalue weighted by atomic mass is 10.1. The molecule has 0 saturated carbocycles. The van der Waals surface area contributed by atoms with Crippen LogP contribution in [0.1, 0.15) is 168 Å². The van der Waals surface area contributed by atoms with E-state index in [1.54, 1.807) is 0 Å². The lowest BCUT2D eigenvalue weighted by molar-refractivity contribution is -0.161. The number of esters is 2. The summed E-state index contributed by atoms with van der Waals surface area (Å²) in [6.07, 6.45) is 48.3. The molecule has 0 aromatic carbocycles. The number of carbonyl (C=O) groups is 3. The molecule has 332 valence electrons. The van der Waals surface area contributed by atoms with Crippen molar-refractivity contribution in [3.05, 3.63) is 72.9 Å². The van der Waals surface area contributed by atoms with Crippen molar-refractivity contribution in [2.75, 3.05) is 19.8 Å². The van der Waals surface area contributed by atoms with Crippen molar-refractivity contribution in [2.45, 2.75) is 180 Å². The minimum atomic E-state index is -4.74. The number of aliphatic carboxylic acids is 1. The van der Waals surface area contributed by atoms with Crippen LogP contribution in [0.3, 0.4) is 0 Å². The van der Waals surface area contributed by atoms with Gasteiger partial charge in [-0.3, -0.25) is 23.4 Å². The number of carboxylic acids is 1. The van der Waals surface area contributed by atoms with Crippen LogP contribution in [-0.2, 0) is 37.5 Å². The zero-order valence-electron chi connectivity index (χ0n) is 35.9. The van der Waals surface area contributed by atoms with Gasteiger partial charge in [0.1, 0.15) is 12.6 Å². The van der Waals surface area contributed by atoms with E-state index in [4.69, 9.17) is 24.8 Å². The summed E-state index contributed by atoms with van der Waals surface area (Å²) < 4.78 is 32.6. The first-order chi connectivity index (χ1) is 28.1. The summed E-state index contributed by atoms with van der Waals surface area (Å²) in [6, 6.07) is -1.53. The number of nitrogens with two attached hydrogens (primary N) is 1. The molecule has 0 radical (unpaired) electrons. The molecule has 0 aromatic heterocycles. The molecule has 0 spiro atoms. The number of rotatable bonds is 40. The molecule has 0 aliphatic carbocycles. The number of hydrogen-bond acceptors (Lipinski definition) is 9. The van der Waals surface area contributed by atoms with Crippen molar-refractivity contribution in [3.8, 4) is 0 Å². The first-order valence-corrected chi connectivity index (χ1v) is 23.5. The molecule has 0 amide bonds. The van der Waals surface area contributed by atoms with E-state index in [1.807, 2.05) is 6.08 Å². The summed E-state index contributed by atoms with van der Waals surface area (Å²) in [5.41, 5.74) is 5.33. The topological polar surface area (TPSA) is 172 Å². The van der Waals surface area contributed by atoms with E-state index in [-0.39, 0.29) is 19.4 Å². The van der Waals surface area contributed by atoms with E-state index in [2.05, 4.69) is 85.2 Å². The molecule has 3 atom stereocenters. The smallest absolute Gasteiger partial charge is 0.472 e. The predicted octanol–water partition coefficient (Wildman–Crippen LogP) is 11.7. The summed E-state index contributed by atoms with van der Waals surface area (Å²) in [6.45, 7) is 2.68. The highest BCUT2D eigenvalue weighted by Crippen LogP contribution is 2.43. The second kappa shape index (κ2) is 40.7. The fourth-order valence-corrected chi connectivity index (χ4v) is 6.22. The van der Waals surface area contributed by atoms with Crippen LogP contribution in [0, 0.1) is 0 Å². The SMILES string of the molecule is CCCCC/C=C/C/C=C/C/C=C/CCCCCCC(=O)O[C@H](COC(=O)CCC/C=C/C/C=C/C/C=C/CCCCCCCC)COP(=O)(O)OC[C@H](N)C(=O)O. The molecule has 4 N–H and O–H groups in total. The van der Waals surface area contributed by atoms with Crippen LogP contribution in [0.4, 0.5) is 0 Å². The summed E-state index contributed by atoms with van der Waals surface area (Å²) in [5, 5.41) is 8.89. The Morgan fingerprint density at radius 2 is 0.931 bits per heavy atom. The van der Waals surface area contributed by atoms with Crippen molar-refractivity contribution >= 4 is 25.7 Å². The van der Waals surface area contributed by atoms with Crippen LogP contribution >= 0.6 is 7.82 Å². The lowest BCUT2D eigenvalue weighted by Gasteiger charge is -2.20. The Hall–Kier alpha value is -3.08. The molecule has 0 heterocycles. The Labute approximate surface area is 350 Å². The average Bonchev–Trinajstić information content (AvgIpc) is 3.20. The van der Waals surface area contributed by atoms with Crippen LogP contribution in [0.25, 0.3) is 0 Å². The molecule has 0 fully saturated rings. The third-order valence-electron chi connectivity index (χ3n) is 8.93. The molecular weight excluding hydrogens is 757 g/mol. The number of hydrogen-bond donors (Lipinski definition) is 3. The zero-order chi connectivity index (χ0) is 42.8. The maximum atomic E-state index is 12.6. The lowest BCUT2D eigenvalue weighted by Crippen LogP contribution is -2.34. The first kappa shape index (κ1) is 54.9. The fourth-order valence-electron chi connectivity index (χ4n) is 5.44. The van der Waals surface area contributed by atoms with Gasteiger partial charge in [0.05, 0.1) is 13.2 Å². The second-order valence-electron chi connectivity index (χ2n) is 14.5. The number of carboxylic acid groups (broad SMARTS) is 1. The van der Waals surface area contributed by atoms with E-state index in [0.29, 0.717) is 19.3 Å². The molecule has 58 heavy (non-hydrogen) atoms. The minimum absolute atomic E-state index is 0.121. The van der Waals surface area contributed by atoms with Gasteiger partial charge in [-0.15, -0.1) is 0 Å². The number of ether oxygens (including phenoxy) is 2. The van der Waals surface area contributed by atoms with Gasteiger partial charge in [-0.1, -0.05) is 145 Å². The number of allylic oxidation sites excluding steroid dienone is 12. The Bertz CT molecular complexity index is 1260. The fraction of sp³-hybridized carbons (Fsp3) is 0.674. The highest BCUT2D eigenvalue weighted by molar-refractivity contribution is 7.47. The normalized spacial score (nSPS) is 14.4. The van der Waals surface area contributed by atoms with Crippen LogP contribution < -0.4 is 5.73 Å². The Balaban J connectivity index is 4.50. The molecule has 11 nitrogen and oxygen atoms in total. The Morgan fingerprint density at radius 3 is 1.45 bits per heavy atom. The maximum Gasteiger partial charge on any atom is 0.472 e. The summed E-state index contributed by atoms with van der Waals surface area (Å²) >= 11 is 0. The third-order valence-corrected chi connectivity index (χ3v) is 9.88. The largest absolute Gasteiger partial charge is 0.480 e. The first-order valence-electron chi connectivity index (χ1n) is 22.0. The van der Waals surface area contributed by atoms with Gasteiger partial charge in [-0.05, 0) is 83.5 Å². The van der Waals surface area contributed by atoms with Crippen LogP contribution in [0.15, 0.2) is 72.9 Å². The minimum Gasteiger partial charge on any atom is -0.480 e. The van der Waals surface area contributed by atoms with Crippen LogP contribution in [-0.4, -0.2) is 59.9 Å². The zero-order valence-corrected chi connectivity index (χ0v) is 36.8. The number of phosphoric ester groups is 1. The molecule has 0 aromatic rings. The Morgan fingerprint density at radius 1 is 0.534 bits per heavy atom. The number of phosphoric acid groups is 1. The van der Waals surface area contributed by atoms with Gasteiger partial charge in [0.15, 0.2) is 6.10 Å². The van der Waals surface area contributed by atoms with E-state index in [0.717, 1.165) is 64.2 Å². The maximum absolute atomic E-state index is 12.6. The van der Waals surface area contributed by atoms with Crippen molar-refractivity contribution < 1.29 is 47.5 Å². The van der Waals surface area contributed by atoms with E-state index in [9.17, 15) is 23.8 Å². The highest BCUT2D eigenvalue weighted by atomic mass is 31.2. The van der Waals surface area contributed by atoms with Gasteiger partial charge >= 0.3 is 25.7 Å². The van der Waals surface area contributed by atoms with Crippen molar-refractivity contribution in [2.24, 2.45) is 5.73 Å². The molecule has 0 aliphatic heterocycles. The summed E-state index contributed by atoms with van der Waals surface area (Å²) in [5.74, 6) is -2.48. The molecule has 0 aliphatic rings. The van der Waals surface area contributed by atoms with Gasteiger partial charge in [-0.25, -0.2) is 4.57 Å². The molecule has 0 bridgehead atoms. The molecular formula is C46H78NO10P. The quantitative estimate of drug-likeness (QED) is 0.0232. The van der Waals surface area contributed by atoms with E-state index in [1.165, 1.54) is 57.8 Å². The summed E-state index contributed by atoms with van der Waals surface area (Å²) in [7, 11) is -4.74. The van der Waals surface area contributed by atoms with Crippen molar-refractivity contribution in [1.82, 2.24) is 0 Å². The highest BCUT2D eigenvalue weighted by Gasteiger charge is 2.28. The predicted molar refractivity (Wildman–Crippen MR) is 235 cm³/mol. The van der Waals surface area contributed by atoms with Gasteiger partial charge < -0.3 is 25.2 Å². The summed E-state index contributed by atoms with van der Waals surface area (Å²) in [4.78, 5) is 45.9. The molecule has 0 saturated heterocycles. The average molecular weight is 836 g/mol. The van der Waals surface area contributed by atoms with Gasteiger partial charge in [-0.2, -0.15) is 0 Å². The second-order valence-corrected chi connectivity index (χ2v) is 15.9. The molecule has 1 unspecified atom stereocenters. The molecule has 0 rings (SSSR count). The van der Waals surface area contributed by atoms with E-state index >= 15 is 0 Å². The third kappa shape index (κ3) is 39.7. The van der Waals surface area contributed by atoms with E-state index < -0.39 is 51.1 Å². The van der Waals surface area contributed by atoms with Crippen LogP contribution in [0.2, 0.25) is 0 Å². The van der Waals surface area contributed by atoms with Crippen LogP contribution in [0.5, 0.6) is 0 Å². The molecule has 12 heteroatoms. The van der Waals surface area contributed by atoms with Gasteiger partial charge in [0, 0.05) is 12.8 Å².